The Labute approximate surface area is 95.2 Å². The quantitative estimate of drug-likeness (QED) is 0.755. The predicted molar refractivity (Wildman–Crippen MR) is 64.4 cm³/mol. The summed E-state index contributed by atoms with van der Waals surface area (Å²) < 4.78 is 4.99. The summed E-state index contributed by atoms with van der Waals surface area (Å²) in [6.45, 7) is 0.207. The van der Waals surface area contributed by atoms with Gasteiger partial charge in [0.05, 0.1) is 0 Å². The fourth-order valence-corrected chi connectivity index (χ4v) is 1.37. The number of nitrogens with two attached hydrogens (primary N) is 1. The van der Waals surface area contributed by atoms with E-state index >= 15 is 0 Å². The van der Waals surface area contributed by atoms with Gasteiger partial charge in [-0.2, -0.15) is 0 Å². The Morgan fingerprint density at radius 3 is 2.75 bits per heavy atom. The average Bonchev–Trinajstić information content (AvgIpc) is 2.25. The van der Waals surface area contributed by atoms with Gasteiger partial charge in [-0.25, -0.2) is 4.79 Å². The maximum Gasteiger partial charge on any atom is 0.407 e. The molecule has 0 radical (unpaired) electrons. The zero-order valence-corrected chi connectivity index (χ0v) is 9.78. The highest BCUT2D eigenvalue weighted by Gasteiger charge is 2.07. The molecule has 0 aliphatic carbocycles. The number of nitrogens with zero attached hydrogens (tertiary/aromatic N) is 1. The van der Waals surface area contributed by atoms with Gasteiger partial charge < -0.3 is 20.7 Å². The maximum absolute atomic E-state index is 11.0. The normalized spacial score (nSPS) is 9.69. The van der Waals surface area contributed by atoms with Crippen molar-refractivity contribution in [2.45, 2.75) is 6.61 Å². The summed E-state index contributed by atoms with van der Waals surface area (Å²) >= 11 is 0. The number of carbonyl (C=O) groups excluding carboxylic acids is 1. The van der Waals surface area contributed by atoms with E-state index in [-0.39, 0.29) is 6.61 Å². The summed E-state index contributed by atoms with van der Waals surface area (Å²) in [5.74, 6) is 0. The van der Waals surface area contributed by atoms with Crippen molar-refractivity contribution in [3.63, 3.8) is 0 Å². The highest BCUT2D eigenvalue weighted by Crippen LogP contribution is 2.22. The zero-order valence-electron chi connectivity index (χ0n) is 9.78. The molecule has 5 nitrogen and oxygen atoms in total. The van der Waals surface area contributed by atoms with Gasteiger partial charge in [0, 0.05) is 38.1 Å². The molecule has 0 saturated heterocycles. The standard InChI is InChI=1S/C11H17N3O2/c1-13-11(15)16-7-8-6-9(12)4-5-10(8)14(2)3/h4-6H,7,12H2,1-3H3,(H,13,15). The Hall–Kier alpha value is -1.91. The summed E-state index contributed by atoms with van der Waals surface area (Å²) in [6, 6.07) is 5.52. The highest BCUT2D eigenvalue weighted by atomic mass is 16.5. The molecule has 0 spiro atoms. The van der Waals surface area contributed by atoms with Crippen molar-refractivity contribution < 1.29 is 9.53 Å². The van der Waals surface area contributed by atoms with E-state index in [4.69, 9.17) is 10.5 Å². The summed E-state index contributed by atoms with van der Waals surface area (Å²) in [5.41, 5.74) is 8.21. The van der Waals surface area contributed by atoms with E-state index < -0.39 is 6.09 Å². The molecule has 16 heavy (non-hydrogen) atoms. The zero-order chi connectivity index (χ0) is 12.1. The molecule has 3 N–H and O–H groups in total. The van der Waals surface area contributed by atoms with Crippen LogP contribution in [0.25, 0.3) is 0 Å². The number of alkyl carbamates (subject to hydrolysis) is 1. The molecule has 0 aliphatic rings. The summed E-state index contributed by atoms with van der Waals surface area (Å²) in [5, 5.41) is 2.39. The molecule has 0 atom stereocenters. The van der Waals surface area contributed by atoms with Crippen LogP contribution < -0.4 is 16.0 Å². The summed E-state index contributed by atoms with van der Waals surface area (Å²) in [4.78, 5) is 12.9. The Kier molecular flexibility index (Phi) is 3.99. The Morgan fingerprint density at radius 2 is 2.19 bits per heavy atom. The Morgan fingerprint density at radius 1 is 1.50 bits per heavy atom. The fraction of sp³-hybridized carbons (Fsp3) is 0.364. The van der Waals surface area contributed by atoms with Crippen LogP contribution in [0.4, 0.5) is 16.2 Å². The maximum atomic E-state index is 11.0. The molecule has 0 aromatic heterocycles. The minimum atomic E-state index is -0.452. The number of hydrogen-bond donors (Lipinski definition) is 2. The molecular weight excluding hydrogens is 206 g/mol. The number of amides is 1. The summed E-state index contributed by atoms with van der Waals surface area (Å²) in [6.07, 6.45) is -0.452. The molecule has 88 valence electrons. The third kappa shape index (κ3) is 3.05. The number of nitrogen functional groups attached to an aromatic ring is 1. The Balaban J connectivity index is 2.84. The van der Waals surface area contributed by atoms with E-state index in [0.717, 1.165) is 11.3 Å². The second-order valence-corrected chi connectivity index (χ2v) is 3.61. The van der Waals surface area contributed by atoms with Crippen molar-refractivity contribution in [2.75, 3.05) is 31.8 Å². The lowest BCUT2D eigenvalue weighted by atomic mass is 10.1. The first kappa shape index (κ1) is 12.2. The second-order valence-electron chi connectivity index (χ2n) is 3.61. The molecule has 1 aromatic carbocycles. The Bertz CT molecular complexity index is 377. The van der Waals surface area contributed by atoms with Gasteiger partial charge in [-0.05, 0) is 18.2 Å². The van der Waals surface area contributed by atoms with Crippen molar-refractivity contribution in [3.05, 3.63) is 23.8 Å². The number of carbonyl (C=O) groups is 1. The van der Waals surface area contributed by atoms with Crippen LogP contribution in [0.2, 0.25) is 0 Å². The van der Waals surface area contributed by atoms with Crippen LogP contribution in [-0.2, 0) is 11.3 Å². The smallest absolute Gasteiger partial charge is 0.407 e. The molecule has 1 rings (SSSR count). The molecular formula is C11H17N3O2. The van der Waals surface area contributed by atoms with Crippen molar-refractivity contribution in [1.82, 2.24) is 5.32 Å². The lowest BCUT2D eigenvalue weighted by Crippen LogP contribution is -2.20. The van der Waals surface area contributed by atoms with Gasteiger partial charge in [0.2, 0.25) is 0 Å². The summed E-state index contributed by atoms with van der Waals surface area (Å²) in [7, 11) is 5.37. The van der Waals surface area contributed by atoms with Gasteiger partial charge in [0.15, 0.2) is 0 Å². The minimum Gasteiger partial charge on any atom is -0.445 e. The highest BCUT2D eigenvalue weighted by molar-refractivity contribution is 5.67. The van der Waals surface area contributed by atoms with Gasteiger partial charge in [0.25, 0.3) is 0 Å². The first-order valence-corrected chi connectivity index (χ1v) is 4.95. The van der Waals surface area contributed by atoms with Crippen LogP contribution in [0.3, 0.4) is 0 Å². The van der Waals surface area contributed by atoms with Crippen LogP contribution in [0, 0.1) is 0 Å². The van der Waals surface area contributed by atoms with Crippen molar-refractivity contribution in [1.29, 1.82) is 0 Å². The molecule has 1 aromatic rings. The number of hydrogen-bond acceptors (Lipinski definition) is 4. The van der Waals surface area contributed by atoms with E-state index in [1.54, 1.807) is 6.07 Å². The van der Waals surface area contributed by atoms with Crippen LogP contribution in [0.1, 0.15) is 5.56 Å². The van der Waals surface area contributed by atoms with Gasteiger partial charge in [0.1, 0.15) is 6.61 Å². The van der Waals surface area contributed by atoms with Gasteiger partial charge in [-0.3, -0.25) is 0 Å². The largest absolute Gasteiger partial charge is 0.445 e. The number of rotatable bonds is 3. The second kappa shape index (κ2) is 5.25. The average molecular weight is 223 g/mol. The molecule has 0 bridgehead atoms. The van der Waals surface area contributed by atoms with Gasteiger partial charge >= 0.3 is 6.09 Å². The molecule has 1 amide bonds. The number of benzene rings is 1. The topological polar surface area (TPSA) is 67.6 Å². The van der Waals surface area contributed by atoms with Gasteiger partial charge in [-0.1, -0.05) is 0 Å². The van der Waals surface area contributed by atoms with Gasteiger partial charge in [-0.15, -0.1) is 0 Å². The van der Waals surface area contributed by atoms with Crippen LogP contribution >= 0.6 is 0 Å². The van der Waals surface area contributed by atoms with Crippen molar-refractivity contribution in [2.24, 2.45) is 0 Å². The van der Waals surface area contributed by atoms with E-state index in [1.807, 2.05) is 31.1 Å². The SMILES string of the molecule is CNC(=O)OCc1cc(N)ccc1N(C)C. The number of ether oxygens (including phenoxy) is 1. The molecule has 0 heterocycles. The lowest BCUT2D eigenvalue weighted by Gasteiger charge is -2.17. The van der Waals surface area contributed by atoms with E-state index in [9.17, 15) is 4.79 Å². The van der Waals surface area contributed by atoms with Crippen LogP contribution in [0.15, 0.2) is 18.2 Å². The third-order valence-corrected chi connectivity index (χ3v) is 2.15. The van der Waals surface area contributed by atoms with E-state index in [2.05, 4.69) is 5.32 Å². The van der Waals surface area contributed by atoms with E-state index in [0.29, 0.717) is 5.69 Å². The van der Waals surface area contributed by atoms with E-state index in [1.165, 1.54) is 7.05 Å². The van der Waals surface area contributed by atoms with Crippen molar-refractivity contribution in [3.8, 4) is 0 Å². The first-order valence-electron chi connectivity index (χ1n) is 4.95. The first-order chi connectivity index (χ1) is 7.54. The molecule has 5 heteroatoms. The van der Waals surface area contributed by atoms with Crippen LogP contribution in [-0.4, -0.2) is 27.2 Å². The minimum absolute atomic E-state index is 0.207. The molecule has 0 aliphatic heterocycles. The fourth-order valence-electron chi connectivity index (χ4n) is 1.37. The molecule has 0 fully saturated rings. The molecule has 0 unspecified atom stereocenters. The molecule has 0 saturated carbocycles. The number of anilines is 2. The number of nitrogens with one attached hydrogen (secondary N) is 1. The third-order valence-electron chi connectivity index (χ3n) is 2.15. The van der Waals surface area contributed by atoms with Crippen LogP contribution in [0.5, 0.6) is 0 Å². The predicted octanol–water partition coefficient (Wildman–Crippen LogP) is 1.19. The lowest BCUT2D eigenvalue weighted by molar-refractivity contribution is 0.142. The van der Waals surface area contributed by atoms with Crippen molar-refractivity contribution >= 4 is 17.5 Å². The monoisotopic (exact) mass is 223 g/mol.